The molecule has 0 aliphatic heterocycles. The van der Waals surface area contributed by atoms with Crippen LogP contribution in [0, 0.1) is 5.92 Å². The van der Waals surface area contributed by atoms with Crippen LogP contribution >= 0.6 is 0 Å². The zero-order valence-corrected chi connectivity index (χ0v) is 17.8. The average molecular weight is 436 g/mol. The molecule has 30 heavy (non-hydrogen) atoms. The molecule has 0 radical (unpaired) electrons. The summed E-state index contributed by atoms with van der Waals surface area (Å²) >= 11 is 0. The van der Waals surface area contributed by atoms with Crippen molar-refractivity contribution in [2.45, 2.75) is 42.7 Å². The second kappa shape index (κ2) is 10.4. The highest BCUT2D eigenvalue weighted by atomic mass is 32.2. The Hall–Kier alpha value is -2.62. The number of nitrogens with one attached hydrogen (secondary N) is 2. The van der Waals surface area contributed by atoms with E-state index in [0.29, 0.717) is 5.69 Å². The lowest BCUT2D eigenvalue weighted by atomic mass is 10.0. The molecule has 1 amide bonds. The van der Waals surface area contributed by atoms with Gasteiger partial charge in [0.2, 0.25) is 0 Å². The summed E-state index contributed by atoms with van der Waals surface area (Å²) in [6.07, 6.45) is -2.12. The van der Waals surface area contributed by atoms with Gasteiger partial charge in [0.15, 0.2) is 9.84 Å². The molecular formula is C21H29N3O5S. The van der Waals surface area contributed by atoms with Gasteiger partial charge in [-0.15, -0.1) is 0 Å². The molecule has 6 N–H and O–H groups in total. The van der Waals surface area contributed by atoms with Crippen molar-refractivity contribution in [1.82, 2.24) is 10.6 Å². The van der Waals surface area contributed by atoms with Crippen LogP contribution in [0.25, 0.3) is 0 Å². The number of rotatable bonds is 10. The van der Waals surface area contributed by atoms with E-state index in [1.165, 1.54) is 24.3 Å². The van der Waals surface area contributed by atoms with E-state index in [1.54, 1.807) is 13.8 Å². The van der Waals surface area contributed by atoms with Crippen LogP contribution in [0.5, 0.6) is 0 Å². The van der Waals surface area contributed by atoms with E-state index in [-0.39, 0.29) is 23.8 Å². The van der Waals surface area contributed by atoms with Crippen LogP contribution in [0.2, 0.25) is 0 Å². The standard InChI is InChI=1S/C21H29N3O5S/c1-14(2)20(30(28,29)17-10-8-16(22)9-11-17)23-13-19(25)18(24-21(26)27)12-15-6-4-3-5-7-15/h3-11,14,18-20,23-25H,12-13,22H2,1-2H3,(H,26,27)/t18-,19+,20?/m0/s1. The fraction of sp³-hybridized carbons (Fsp3) is 0.381. The van der Waals surface area contributed by atoms with Gasteiger partial charge in [-0.3, -0.25) is 5.32 Å². The minimum Gasteiger partial charge on any atom is -0.465 e. The second-order valence-electron chi connectivity index (χ2n) is 7.50. The van der Waals surface area contributed by atoms with Gasteiger partial charge < -0.3 is 21.3 Å². The topological polar surface area (TPSA) is 142 Å². The Morgan fingerprint density at radius 2 is 1.67 bits per heavy atom. The molecule has 0 heterocycles. The zero-order chi connectivity index (χ0) is 22.3. The van der Waals surface area contributed by atoms with E-state index in [0.717, 1.165) is 5.56 Å². The monoisotopic (exact) mass is 435 g/mol. The van der Waals surface area contributed by atoms with Crippen LogP contribution in [-0.2, 0) is 16.3 Å². The van der Waals surface area contributed by atoms with Crippen LogP contribution in [0.1, 0.15) is 19.4 Å². The minimum atomic E-state index is -3.73. The predicted molar refractivity (Wildman–Crippen MR) is 116 cm³/mol. The molecule has 2 rings (SSSR count). The lowest BCUT2D eigenvalue weighted by Crippen LogP contribution is -2.51. The Morgan fingerprint density at radius 3 is 2.20 bits per heavy atom. The highest BCUT2D eigenvalue weighted by Crippen LogP contribution is 2.21. The number of carboxylic acid groups (broad SMARTS) is 1. The van der Waals surface area contributed by atoms with Crippen molar-refractivity contribution < 1.29 is 23.4 Å². The Morgan fingerprint density at radius 1 is 1.07 bits per heavy atom. The molecule has 2 aromatic carbocycles. The summed E-state index contributed by atoms with van der Waals surface area (Å²) in [6, 6.07) is 14.3. The van der Waals surface area contributed by atoms with Gasteiger partial charge in [-0.2, -0.15) is 0 Å². The molecule has 0 saturated heterocycles. The maximum atomic E-state index is 13.0. The summed E-state index contributed by atoms with van der Waals surface area (Å²) in [4.78, 5) is 11.3. The number of benzene rings is 2. The first kappa shape index (κ1) is 23.7. The van der Waals surface area contributed by atoms with Crippen molar-refractivity contribution in [2.75, 3.05) is 12.3 Å². The summed E-state index contributed by atoms with van der Waals surface area (Å²) in [5.74, 6) is -0.292. The lowest BCUT2D eigenvalue weighted by Gasteiger charge is -2.27. The number of anilines is 1. The van der Waals surface area contributed by atoms with Gasteiger partial charge in [-0.1, -0.05) is 44.2 Å². The van der Waals surface area contributed by atoms with Crippen LogP contribution in [0.4, 0.5) is 10.5 Å². The molecule has 0 aliphatic rings. The molecule has 8 nitrogen and oxygen atoms in total. The summed E-state index contributed by atoms with van der Waals surface area (Å²) < 4.78 is 26.1. The molecule has 0 bridgehead atoms. The van der Waals surface area contributed by atoms with E-state index in [9.17, 15) is 18.3 Å². The molecule has 164 valence electrons. The van der Waals surface area contributed by atoms with Crippen molar-refractivity contribution in [3.05, 3.63) is 60.2 Å². The number of hydrogen-bond donors (Lipinski definition) is 5. The summed E-state index contributed by atoms with van der Waals surface area (Å²) in [6.45, 7) is 3.42. The highest BCUT2D eigenvalue weighted by molar-refractivity contribution is 7.92. The van der Waals surface area contributed by atoms with Gasteiger partial charge >= 0.3 is 6.09 Å². The Kier molecular flexibility index (Phi) is 8.22. The number of nitrogens with two attached hydrogens (primary N) is 1. The van der Waals surface area contributed by atoms with Crippen molar-refractivity contribution in [3.8, 4) is 0 Å². The first-order valence-electron chi connectivity index (χ1n) is 9.65. The van der Waals surface area contributed by atoms with E-state index in [2.05, 4.69) is 10.6 Å². The van der Waals surface area contributed by atoms with Gasteiger partial charge in [-0.25, -0.2) is 13.2 Å². The molecular weight excluding hydrogens is 406 g/mol. The number of nitrogen functional groups attached to an aromatic ring is 1. The summed E-state index contributed by atoms with van der Waals surface area (Å²) in [5.41, 5.74) is 6.95. The van der Waals surface area contributed by atoms with Crippen LogP contribution in [0.3, 0.4) is 0 Å². The molecule has 0 aliphatic carbocycles. The average Bonchev–Trinajstić information content (AvgIpc) is 2.68. The predicted octanol–water partition coefficient (Wildman–Crippen LogP) is 1.85. The fourth-order valence-corrected chi connectivity index (χ4v) is 5.04. The van der Waals surface area contributed by atoms with E-state index in [1.807, 2.05) is 30.3 Å². The van der Waals surface area contributed by atoms with Gasteiger partial charge in [0.1, 0.15) is 5.37 Å². The molecule has 1 unspecified atom stereocenters. The Bertz CT molecular complexity index is 917. The number of amides is 1. The summed E-state index contributed by atoms with van der Waals surface area (Å²) in [7, 11) is -3.73. The maximum Gasteiger partial charge on any atom is 0.404 e. The summed E-state index contributed by atoms with van der Waals surface area (Å²) in [5, 5.41) is 24.0. The Balaban J connectivity index is 2.14. The van der Waals surface area contributed by atoms with Gasteiger partial charge in [0, 0.05) is 12.2 Å². The lowest BCUT2D eigenvalue weighted by molar-refractivity contribution is 0.116. The smallest absolute Gasteiger partial charge is 0.404 e. The van der Waals surface area contributed by atoms with Crippen LogP contribution in [0.15, 0.2) is 59.5 Å². The largest absolute Gasteiger partial charge is 0.465 e. The third-order valence-electron chi connectivity index (χ3n) is 4.75. The van der Waals surface area contributed by atoms with Crippen molar-refractivity contribution >= 4 is 21.6 Å². The van der Waals surface area contributed by atoms with Crippen LogP contribution < -0.4 is 16.4 Å². The fourth-order valence-electron chi connectivity index (χ4n) is 3.20. The second-order valence-corrected chi connectivity index (χ2v) is 9.57. The molecule has 0 fully saturated rings. The third kappa shape index (κ3) is 6.45. The van der Waals surface area contributed by atoms with Crippen molar-refractivity contribution in [2.24, 2.45) is 5.92 Å². The third-order valence-corrected chi connectivity index (χ3v) is 7.06. The highest BCUT2D eigenvalue weighted by Gasteiger charge is 2.31. The molecule has 0 spiro atoms. The molecule has 0 saturated carbocycles. The van der Waals surface area contributed by atoms with E-state index in [4.69, 9.17) is 10.8 Å². The van der Waals surface area contributed by atoms with Crippen molar-refractivity contribution in [1.29, 1.82) is 0 Å². The SMILES string of the molecule is CC(C)C(NC[C@@H](O)[C@H](Cc1ccccc1)NC(=O)O)S(=O)(=O)c1ccc(N)cc1. The van der Waals surface area contributed by atoms with E-state index >= 15 is 0 Å². The minimum absolute atomic E-state index is 0.102. The molecule has 3 atom stereocenters. The zero-order valence-electron chi connectivity index (χ0n) is 17.0. The van der Waals surface area contributed by atoms with Gasteiger partial charge in [0.25, 0.3) is 0 Å². The van der Waals surface area contributed by atoms with E-state index < -0.39 is 33.5 Å². The normalized spacial score (nSPS) is 14.8. The maximum absolute atomic E-state index is 13.0. The van der Waals surface area contributed by atoms with Gasteiger partial charge in [-0.05, 0) is 42.2 Å². The number of hydrogen-bond acceptors (Lipinski definition) is 6. The number of aliphatic hydroxyl groups excluding tert-OH is 1. The van der Waals surface area contributed by atoms with Crippen molar-refractivity contribution in [3.63, 3.8) is 0 Å². The quantitative estimate of drug-likeness (QED) is 0.359. The molecule has 2 aromatic rings. The first-order valence-corrected chi connectivity index (χ1v) is 11.2. The number of carbonyl (C=O) groups is 1. The molecule has 0 aromatic heterocycles. The number of aliphatic hydroxyl groups is 1. The Labute approximate surface area is 177 Å². The number of sulfone groups is 1. The molecule has 9 heteroatoms. The van der Waals surface area contributed by atoms with Crippen LogP contribution in [-0.4, -0.2) is 48.8 Å². The van der Waals surface area contributed by atoms with Gasteiger partial charge in [0.05, 0.1) is 17.0 Å². The first-order chi connectivity index (χ1) is 14.1.